The molecule has 1 N–H and O–H groups in total. The van der Waals surface area contributed by atoms with Gasteiger partial charge in [-0.05, 0) is 44.0 Å². The van der Waals surface area contributed by atoms with Crippen LogP contribution in [0.3, 0.4) is 0 Å². The Morgan fingerprint density at radius 1 is 0.821 bits per heavy atom. The smallest absolute Gasteiger partial charge is 0.338 e. The maximum absolute atomic E-state index is 11.6. The van der Waals surface area contributed by atoms with E-state index in [1.54, 1.807) is 12.1 Å². The second-order valence-corrected chi connectivity index (χ2v) is 7.47. The fraction of sp³-hybridized carbons (Fsp3) is 0.640. The molecule has 1 rings (SSSR count). The summed E-state index contributed by atoms with van der Waals surface area (Å²) in [4.78, 5) is 11.6. The van der Waals surface area contributed by atoms with E-state index in [1.165, 1.54) is 77.0 Å². The van der Waals surface area contributed by atoms with Crippen LogP contribution in [0.2, 0.25) is 0 Å². The molecule has 0 aliphatic rings. The molecule has 0 aromatic heterocycles. The zero-order chi connectivity index (χ0) is 20.3. The third-order valence-electron chi connectivity index (χ3n) is 4.96. The molecule has 0 radical (unpaired) electrons. The second-order valence-electron chi connectivity index (χ2n) is 7.47. The van der Waals surface area contributed by atoms with Gasteiger partial charge in [-0.1, -0.05) is 83.3 Å². The molecule has 0 heterocycles. The van der Waals surface area contributed by atoms with Gasteiger partial charge in [-0.25, -0.2) is 4.79 Å². The fourth-order valence-corrected chi connectivity index (χ4v) is 3.24. The highest BCUT2D eigenvalue weighted by Crippen LogP contribution is 2.12. The quantitative estimate of drug-likeness (QED) is 0.170. The Balaban J connectivity index is 1.95. The lowest BCUT2D eigenvalue weighted by molar-refractivity contribution is 0.0526. The molecule has 0 unspecified atom stereocenters. The minimum atomic E-state index is -0.263. The van der Waals surface area contributed by atoms with E-state index in [4.69, 9.17) is 4.74 Å². The SMILES string of the molecule is CCCCCCCCCCCCCC=CCNc1ccc(C(=O)OCC)cc1. The molecule has 0 bridgehead atoms. The predicted octanol–water partition coefficient (Wildman–Crippen LogP) is 7.53. The number of hydrogen-bond donors (Lipinski definition) is 1. The van der Waals surface area contributed by atoms with Crippen LogP contribution in [0.15, 0.2) is 36.4 Å². The maximum Gasteiger partial charge on any atom is 0.338 e. The van der Waals surface area contributed by atoms with E-state index in [2.05, 4.69) is 24.4 Å². The van der Waals surface area contributed by atoms with Gasteiger partial charge in [0.15, 0.2) is 0 Å². The molecular formula is C25H41NO2. The highest BCUT2D eigenvalue weighted by Gasteiger charge is 2.04. The Morgan fingerprint density at radius 3 is 1.96 bits per heavy atom. The number of nitrogens with one attached hydrogen (secondary N) is 1. The van der Waals surface area contributed by atoms with Gasteiger partial charge >= 0.3 is 5.97 Å². The van der Waals surface area contributed by atoms with Gasteiger partial charge in [0.2, 0.25) is 0 Å². The van der Waals surface area contributed by atoms with E-state index in [1.807, 2.05) is 19.1 Å². The number of unbranched alkanes of at least 4 members (excludes halogenated alkanes) is 11. The van der Waals surface area contributed by atoms with Crippen LogP contribution >= 0.6 is 0 Å². The van der Waals surface area contributed by atoms with Crippen molar-refractivity contribution in [3.63, 3.8) is 0 Å². The number of carbonyl (C=O) groups is 1. The Labute approximate surface area is 173 Å². The predicted molar refractivity (Wildman–Crippen MR) is 121 cm³/mol. The average Bonchev–Trinajstić information content (AvgIpc) is 2.71. The molecule has 3 heteroatoms. The molecule has 0 atom stereocenters. The third kappa shape index (κ3) is 12.6. The molecule has 3 nitrogen and oxygen atoms in total. The van der Waals surface area contributed by atoms with Gasteiger partial charge in [-0.3, -0.25) is 0 Å². The van der Waals surface area contributed by atoms with Crippen LogP contribution in [0, 0.1) is 0 Å². The lowest BCUT2D eigenvalue weighted by Gasteiger charge is -2.05. The number of hydrogen-bond acceptors (Lipinski definition) is 3. The minimum Gasteiger partial charge on any atom is -0.462 e. The number of ether oxygens (including phenoxy) is 1. The van der Waals surface area contributed by atoms with Gasteiger partial charge in [0.05, 0.1) is 12.2 Å². The van der Waals surface area contributed by atoms with E-state index in [0.29, 0.717) is 12.2 Å². The largest absolute Gasteiger partial charge is 0.462 e. The first kappa shape index (κ1) is 24.3. The Bertz CT molecular complexity index is 522. The zero-order valence-corrected chi connectivity index (χ0v) is 18.2. The number of carbonyl (C=O) groups excluding carboxylic acids is 1. The van der Waals surface area contributed by atoms with E-state index < -0.39 is 0 Å². The molecule has 0 aliphatic heterocycles. The van der Waals surface area contributed by atoms with Gasteiger partial charge in [-0.2, -0.15) is 0 Å². The second kappa shape index (κ2) is 17.3. The van der Waals surface area contributed by atoms with Crippen LogP contribution in [0.25, 0.3) is 0 Å². The number of anilines is 1. The van der Waals surface area contributed by atoms with Crippen molar-refractivity contribution in [3.05, 3.63) is 42.0 Å². The first-order chi connectivity index (χ1) is 13.8. The molecule has 0 aliphatic carbocycles. The first-order valence-corrected chi connectivity index (χ1v) is 11.4. The highest BCUT2D eigenvalue weighted by molar-refractivity contribution is 5.89. The summed E-state index contributed by atoms with van der Waals surface area (Å²) in [5.74, 6) is -0.263. The maximum atomic E-state index is 11.6. The molecule has 0 saturated carbocycles. The van der Waals surface area contributed by atoms with Crippen LogP contribution in [-0.2, 0) is 4.74 Å². The highest BCUT2D eigenvalue weighted by atomic mass is 16.5. The molecule has 0 saturated heterocycles. The molecular weight excluding hydrogens is 346 g/mol. The molecule has 1 aromatic rings. The van der Waals surface area contributed by atoms with Gasteiger partial charge < -0.3 is 10.1 Å². The monoisotopic (exact) mass is 387 g/mol. The average molecular weight is 388 g/mol. The molecule has 1 aromatic carbocycles. The fourth-order valence-electron chi connectivity index (χ4n) is 3.24. The van der Waals surface area contributed by atoms with Crippen molar-refractivity contribution in [1.29, 1.82) is 0 Å². The standard InChI is InChI=1S/C25H41NO2/c1-3-5-6-7-8-9-10-11-12-13-14-15-16-17-22-26-24-20-18-23(19-21-24)25(27)28-4-2/h16-21,26H,3-15,22H2,1-2H3. The molecule has 0 spiro atoms. The van der Waals surface area contributed by atoms with Crippen molar-refractivity contribution >= 4 is 11.7 Å². The zero-order valence-electron chi connectivity index (χ0n) is 18.2. The first-order valence-electron chi connectivity index (χ1n) is 11.4. The summed E-state index contributed by atoms with van der Waals surface area (Å²) in [6.07, 6.45) is 20.9. The molecule has 28 heavy (non-hydrogen) atoms. The van der Waals surface area contributed by atoms with E-state index in [-0.39, 0.29) is 5.97 Å². The normalized spacial score (nSPS) is 11.1. The third-order valence-corrected chi connectivity index (χ3v) is 4.96. The van der Waals surface area contributed by atoms with Crippen molar-refractivity contribution in [2.75, 3.05) is 18.5 Å². The van der Waals surface area contributed by atoms with Crippen molar-refractivity contribution in [2.45, 2.75) is 90.9 Å². The number of benzene rings is 1. The van der Waals surface area contributed by atoms with E-state index in [9.17, 15) is 4.79 Å². The summed E-state index contributed by atoms with van der Waals surface area (Å²) in [6.45, 7) is 5.31. The molecule has 0 fully saturated rings. The summed E-state index contributed by atoms with van der Waals surface area (Å²) in [7, 11) is 0. The van der Waals surface area contributed by atoms with Gasteiger partial charge in [0.1, 0.15) is 0 Å². The summed E-state index contributed by atoms with van der Waals surface area (Å²) in [5, 5.41) is 3.35. The van der Waals surface area contributed by atoms with Crippen molar-refractivity contribution in [1.82, 2.24) is 0 Å². The minimum absolute atomic E-state index is 0.263. The number of esters is 1. The van der Waals surface area contributed by atoms with Crippen LogP contribution in [0.5, 0.6) is 0 Å². The van der Waals surface area contributed by atoms with Crippen LogP contribution < -0.4 is 5.32 Å². The van der Waals surface area contributed by atoms with Crippen molar-refractivity contribution < 1.29 is 9.53 Å². The lowest BCUT2D eigenvalue weighted by atomic mass is 10.1. The van der Waals surface area contributed by atoms with Gasteiger partial charge in [-0.15, -0.1) is 0 Å². The summed E-state index contributed by atoms with van der Waals surface area (Å²) >= 11 is 0. The van der Waals surface area contributed by atoms with Crippen LogP contribution in [0.4, 0.5) is 5.69 Å². The molecule has 158 valence electrons. The number of allylic oxidation sites excluding steroid dienone is 1. The Hall–Kier alpha value is -1.77. The van der Waals surface area contributed by atoms with Gasteiger partial charge in [0, 0.05) is 12.2 Å². The topological polar surface area (TPSA) is 38.3 Å². The van der Waals surface area contributed by atoms with Gasteiger partial charge in [0.25, 0.3) is 0 Å². The molecule has 0 amide bonds. The van der Waals surface area contributed by atoms with E-state index in [0.717, 1.165) is 12.2 Å². The summed E-state index contributed by atoms with van der Waals surface area (Å²) in [5.41, 5.74) is 1.62. The van der Waals surface area contributed by atoms with Crippen molar-refractivity contribution in [2.24, 2.45) is 0 Å². The van der Waals surface area contributed by atoms with Crippen molar-refractivity contribution in [3.8, 4) is 0 Å². The van der Waals surface area contributed by atoms with Crippen LogP contribution in [0.1, 0.15) is 101 Å². The van der Waals surface area contributed by atoms with E-state index >= 15 is 0 Å². The number of rotatable bonds is 17. The summed E-state index contributed by atoms with van der Waals surface area (Å²) < 4.78 is 4.99. The summed E-state index contributed by atoms with van der Waals surface area (Å²) in [6, 6.07) is 7.44. The Kier molecular flexibility index (Phi) is 15.0. The van der Waals surface area contributed by atoms with Crippen LogP contribution in [-0.4, -0.2) is 19.1 Å². The Morgan fingerprint density at radius 2 is 1.39 bits per heavy atom. The lowest BCUT2D eigenvalue weighted by Crippen LogP contribution is -2.05.